The van der Waals surface area contributed by atoms with Crippen LogP contribution < -0.4 is 5.32 Å². The zero-order chi connectivity index (χ0) is 16.6. The molecule has 5 nitrogen and oxygen atoms in total. The number of hydrogen-bond acceptors (Lipinski definition) is 5. The molecule has 0 saturated carbocycles. The van der Waals surface area contributed by atoms with Gasteiger partial charge in [-0.1, -0.05) is 0 Å². The van der Waals surface area contributed by atoms with Gasteiger partial charge < -0.3 is 5.32 Å². The van der Waals surface area contributed by atoms with E-state index in [2.05, 4.69) is 20.3 Å². The molecule has 0 aliphatic rings. The lowest BCUT2D eigenvalue weighted by molar-refractivity contribution is 0.0951. The van der Waals surface area contributed by atoms with E-state index in [9.17, 15) is 4.79 Å². The molecule has 0 saturated heterocycles. The van der Waals surface area contributed by atoms with Crippen molar-refractivity contribution in [2.45, 2.75) is 34.2 Å². The molecular formula is C17H18N4OS. The van der Waals surface area contributed by atoms with Gasteiger partial charge in [0, 0.05) is 10.4 Å². The second-order valence-corrected chi connectivity index (χ2v) is 6.82. The Labute approximate surface area is 138 Å². The molecule has 118 valence electrons. The number of aryl methyl sites for hydroxylation is 4. The number of carbonyl (C=O) groups is 1. The highest BCUT2D eigenvalue weighted by atomic mass is 32.1. The summed E-state index contributed by atoms with van der Waals surface area (Å²) in [4.78, 5) is 26.9. The molecule has 2 heterocycles. The lowest BCUT2D eigenvalue weighted by atomic mass is 10.1. The monoisotopic (exact) mass is 326 g/mol. The number of nitrogens with zero attached hydrogens (tertiary/aromatic N) is 3. The zero-order valence-corrected chi connectivity index (χ0v) is 14.4. The summed E-state index contributed by atoms with van der Waals surface area (Å²) in [6, 6.07) is 5.39. The Morgan fingerprint density at radius 3 is 2.35 bits per heavy atom. The second kappa shape index (κ2) is 6.04. The van der Waals surface area contributed by atoms with Gasteiger partial charge in [0.25, 0.3) is 5.91 Å². The van der Waals surface area contributed by atoms with Gasteiger partial charge in [-0.15, -0.1) is 11.3 Å². The Morgan fingerprint density at radius 2 is 1.70 bits per heavy atom. The van der Waals surface area contributed by atoms with Crippen LogP contribution in [0.5, 0.6) is 0 Å². The number of benzene rings is 1. The number of aromatic nitrogens is 3. The van der Waals surface area contributed by atoms with Crippen LogP contribution in [-0.4, -0.2) is 20.9 Å². The number of carbonyl (C=O) groups excluding carboxylic acids is 1. The normalized spacial score (nSPS) is 11.0. The summed E-state index contributed by atoms with van der Waals surface area (Å²) >= 11 is 1.61. The number of amides is 1. The molecule has 3 aromatic rings. The first-order chi connectivity index (χ1) is 10.9. The van der Waals surface area contributed by atoms with Crippen LogP contribution >= 0.6 is 11.3 Å². The summed E-state index contributed by atoms with van der Waals surface area (Å²) < 4.78 is 0. The van der Waals surface area contributed by atoms with Crippen molar-refractivity contribution in [1.29, 1.82) is 0 Å². The van der Waals surface area contributed by atoms with E-state index in [1.165, 1.54) is 4.88 Å². The topological polar surface area (TPSA) is 67.8 Å². The molecule has 1 amide bonds. The average molecular weight is 326 g/mol. The molecule has 1 aromatic carbocycles. The van der Waals surface area contributed by atoms with Crippen molar-refractivity contribution in [2.24, 2.45) is 0 Å². The predicted octanol–water partition coefficient (Wildman–Crippen LogP) is 3.25. The van der Waals surface area contributed by atoms with Crippen molar-refractivity contribution >= 4 is 28.3 Å². The highest BCUT2D eigenvalue weighted by Crippen LogP contribution is 2.17. The van der Waals surface area contributed by atoms with Gasteiger partial charge in [-0.3, -0.25) is 4.79 Å². The lowest BCUT2D eigenvalue weighted by Gasteiger charge is -2.06. The molecule has 3 rings (SSSR count). The van der Waals surface area contributed by atoms with Crippen molar-refractivity contribution in [2.75, 3.05) is 0 Å². The number of nitrogens with one attached hydrogen (secondary N) is 1. The first kappa shape index (κ1) is 15.6. The summed E-state index contributed by atoms with van der Waals surface area (Å²) in [5.74, 6) is -0.127. The molecule has 0 unspecified atom stereocenters. The minimum atomic E-state index is -0.127. The van der Waals surface area contributed by atoms with Gasteiger partial charge >= 0.3 is 0 Å². The summed E-state index contributed by atoms with van der Waals surface area (Å²) in [6.07, 6.45) is 0. The Hall–Kier alpha value is -2.34. The molecule has 0 aliphatic heterocycles. The number of fused-ring (bicyclic) bond motifs is 1. The average Bonchev–Trinajstić information content (AvgIpc) is 2.84. The molecule has 1 N–H and O–H groups in total. The van der Waals surface area contributed by atoms with Crippen LogP contribution in [0.3, 0.4) is 0 Å². The molecule has 0 radical (unpaired) electrons. The number of rotatable bonds is 3. The van der Waals surface area contributed by atoms with Gasteiger partial charge in [0.15, 0.2) is 0 Å². The van der Waals surface area contributed by atoms with Crippen molar-refractivity contribution < 1.29 is 4.79 Å². The van der Waals surface area contributed by atoms with E-state index >= 15 is 0 Å². The number of thiazole rings is 1. The molecule has 23 heavy (non-hydrogen) atoms. The van der Waals surface area contributed by atoms with Gasteiger partial charge in [0.05, 0.1) is 34.7 Å². The summed E-state index contributed by atoms with van der Waals surface area (Å²) in [7, 11) is 0. The standard InChI is InChI=1S/C17H18N4OS/c1-9-10(2)20-15-7-13(5-6-14(15)19-9)17(22)18-8-16-21-11(3)12(4)23-16/h5-7H,8H2,1-4H3,(H,18,22). The maximum absolute atomic E-state index is 12.3. The first-order valence-electron chi connectivity index (χ1n) is 7.40. The van der Waals surface area contributed by atoms with Gasteiger partial charge in [0.1, 0.15) is 5.01 Å². The Balaban J connectivity index is 1.79. The molecule has 0 spiro atoms. The van der Waals surface area contributed by atoms with E-state index in [0.717, 1.165) is 33.1 Å². The van der Waals surface area contributed by atoms with E-state index < -0.39 is 0 Å². The minimum absolute atomic E-state index is 0.127. The van der Waals surface area contributed by atoms with Crippen LogP contribution in [0.4, 0.5) is 0 Å². The highest BCUT2D eigenvalue weighted by Gasteiger charge is 2.10. The Kier molecular flexibility index (Phi) is 4.09. The lowest BCUT2D eigenvalue weighted by Crippen LogP contribution is -2.22. The van der Waals surface area contributed by atoms with Crippen molar-refractivity contribution in [3.63, 3.8) is 0 Å². The van der Waals surface area contributed by atoms with E-state index in [4.69, 9.17) is 0 Å². The van der Waals surface area contributed by atoms with E-state index in [1.54, 1.807) is 23.5 Å². The van der Waals surface area contributed by atoms with Crippen LogP contribution in [0.25, 0.3) is 11.0 Å². The number of hydrogen-bond donors (Lipinski definition) is 1. The van der Waals surface area contributed by atoms with Crippen LogP contribution in [0.1, 0.15) is 37.3 Å². The summed E-state index contributed by atoms with van der Waals surface area (Å²) in [5.41, 5.74) is 4.93. The van der Waals surface area contributed by atoms with Crippen molar-refractivity contribution in [3.05, 3.63) is 50.7 Å². The fourth-order valence-electron chi connectivity index (χ4n) is 2.24. The zero-order valence-electron chi connectivity index (χ0n) is 13.6. The third kappa shape index (κ3) is 3.22. The molecule has 0 aliphatic carbocycles. The van der Waals surface area contributed by atoms with Crippen LogP contribution in [-0.2, 0) is 6.54 Å². The smallest absolute Gasteiger partial charge is 0.251 e. The second-order valence-electron chi connectivity index (χ2n) is 5.53. The van der Waals surface area contributed by atoms with E-state index in [-0.39, 0.29) is 5.91 Å². The maximum atomic E-state index is 12.3. The predicted molar refractivity (Wildman–Crippen MR) is 91.8 cm³/mol. The van der Waals surface area contributed by atoms with Crippen LogP contribution in [0.2, 0.25) is 0 Å². The quantitative estimate of drug-likeness (QED) is 0.802. The third-order valence-corrected chi connectivity index (χ3v) is 4.88. The fourth-order valence-corrected chi connectivity index (χ4v) is 3.12. The Morgan fingerprint density at radius 1 is 1.00 bits per heavy atom. The Bertz CT molecular complexity index is 881. The fraction of sp³-hybridized carbons (Fsp3) is 0.294. The molecular weight excluding hydrogens is 308 g/mol. The minimum Gasteiger partial charge on any atom is -0.346 e. The first-order valence-corrected chi connectivity index (χ1v) is 8.22. The maximum Gasteiger partial charge on any atom is 0.251 e. The van der Waals surface area contributed by atoms with Crippen LogP contribution in [0.15, 0.2) is 18.2 Å². The molecule has 0 atom stereocenters. The molecule has 0 fully saturated rings. The molecule has 0 bridgehead atoms. The molecule has 2 aromatic heterocycles. The van der Waals surface area contributed by atoms with Crippen molar-refractivity contribution in [3.8, 4) is 0 Å². The van der Waals surface area contributed by atoms with Gasteiger partial charge in [0.2, 0.25) is 0 Å². The summed E-state index contributed by atoms with van der Waals surface area (Å²) in [6.45, 7) is 8.30. The van der Waals surface area contributed by atoms with E-state index in [1.807, 2.05) is 33.8 Å². The highest BCUT2D eigenvalue weighted by molar-refractivity contribution is 7.11. The van der Waals surface area contributed by atoms with E-state index in [0.29, 0.717) is 12.1 Å². The van der Waals surface area contributed by atoms with Gasteiger partial charge in [-0.2, -0.15) is 0 Å². The SMILES string of the molecule is Cc1nc2ccc(C(=O)NCc3nc(C)c(C)s3)cc2nc1C. The van der Waals surface area contributed by atoms with Crippen molar-refractivity contribution in [1.82, 2.24) is 20.3 Å². The largest absolute Gasteiger partial charge is 0.346 e. The molecule has 6 heteroatoms. The third-order valence-electron chi connectivity index (χ3n) is 3.81. The van der Waals surface area contributed by atoms with Gasteiger partial charge in [-0.05, 0) is 45.9 Å². The van der Waals surface area contributed by atoms with Crippen LogP contribution in [0, 0.1) is 27.7 Å². The van der Waals surface area contributed by atoms with Gasteiger partial charge in [-0.25, -0.2) is 15.0 Å². The summed E-state index contributed by atoms with van der Waals surface area (Å²) in [5, 5.41) is 3.82.